The van der Waals surface area contributed by atoms with Crippen LogP contribution in [0.1, 0.15) is 50.2 Å². The molecule has 0 spiro atoms. The van der Waals surface area contributed by atoms with E-state index in [0.717, 1.165) is 36.8 Å². The molecule has 3 rings (SSSR count). The van der Waals surface area contributed by atoms with Crippen LogP contribution < -0.4 is 4.74 Å². The van der Waals surface area contributed by atoms with E-state index < -0.39 is 17.7 Å². The maximum atomic E-state index is 13.0. The highest BCUT2D eigenvalue weighted by atomic mass is 16.6. The Morgan fingerprint density at radius 3 is 2.28 bits per heavy atom. The highest BCUT2D eigenvalue weighted by molar-refractivity contribution is 5.79. The molecule has 1 aliphatic rings. The third kappa shape index (κ3) is 5.98. The second-order valence-electron chi connectivity index (χ2n) is 7.69. The first-order valence-corrected chi connectivity index (χ1v) is 10.1. The molecule has 1 atom stereocenters. The van der Waals surface area contributed by atoms with Crippen LogP contribution in [0.4, 0.5) is 0 Å². The molecule has 1 N–H and O–H groups in total. The molecule has 0 amide bonds. The topological polar surface area (TPSA) is 55.8 Å². The Morgan fingerprint density at radius 1 is 1.03 bits per heavy atom. The van der Waals surface area contributed by atoms with Gasteiger partial charge in [0.15, 0.2) is 0 Å². The Labute approximate surface area is 172 Å². The van der Waals surface area contributed by atoms with Crippen LogP contribution in [0.15, 0.2) is 61.2 Å². The van der Waals surface area contributed by atoms with Crippen molar-refractivity contribution in [3.63, 3.8) is 0 Å². The van der Waals surface area contributed by atoms with Crippen molar-refractivity contribution in [2.75, 3.05) is 0 Å². The smallest absolute Gasteiger partial charge is 0.352 e. The molecule has 29 heavy (non-hydrogen) atoms. The Kier molecular flexibility index (Phi) is 6.76. The van der Waals surface area contributed by atoms with E-state index in [0.29, 0.717) is 5.75 Å². The largest absolute Gasteiger partial charge is 0.508 e. The van der Waals surface area contributed by atoms with Crippen LogP contribution in [0.2, 0.25) is 0 Å². The maximum Gasteiger partial charge on any atom is 0.352 e. The first-order chi connectivity index (χ1) is 14.0. The number of hydrogen-bond acceptors (Lipinski definition) is 4. The number of benzene rings is 2. The quantitative estimate of drug-likeness (QED) is 0.609. The van der Waals surface area contributed by atoms with Crippen LogP contribution in [0, 0.1) is 0 Å². The predicted molar refractivity (Wildman–Crippen MR) is 116 cm³/mol. The number of ether oxygens (including phenoxy) is 2. The Hall–Kier alpha value is -3.01. The van der Waals surface area contributed by atoms with Gasteiger partial charge in [0.25, 0.3) is 0 Å². The minimum Gasteiger partial charge on any atom is -0.508 e. The van der Waals surface area contributed by atoms with E-state index >= 15 is 0 Å². The van der Waals surface area contributed by atoms with Crippen molar-refractivity contribution < 1.29 is 19.4 Å². The second-order valence-corrected chi connectivity index (χ2v) is 7.69. The van der Waals surface area contributed by atoms with E-state index in [1.807, 2.05) is 31.2 Å². The normalized spacial score (nSPS) is 16.9. The lowest BCUT2D eigenvalue weighted by Crippen LogP contribution is -2.39. The van der Waals surface area contributed by atoms with Crippen molar-refractivity contribution in [2.45, 2.75) is 50.7 Å². The molecule has 0 heterocycles. The Morgan fingerprint density at radius 2 is 1.66 bits per heavy atom. The summed E-state index contributed by atoms with van der Waals surface area (Å²) in [5.74, 6) is 0.390. The third-order valence-electron chi connectivity index (χ3n) is 5.23. The highest BCUT2D eigenvalue weighted by Crippen LogP contribution is 2.32. The van der Waals surface area contributed by atoms with Gasteiger partial charge in [-0.1, -0.05) is 49.4 Å². The summed E-state index contributed by atoms with van der Waals surface area (Å²) in [6.45, 7) is 5.75. The van der Waals surface area contributed by atoms with Crippen molar-refractivity contribution in [3.05, 3.63) is 72.3 Å². The number of phenolic OH excluding ortho intramolecular Hbond substituents is 1. The molecule has 2 aromatic carbocycles. The summed E-state index contributed by atoms with van der Waals surface area (Å²) in [6, 6.07) is 14.1. The molecule has 0 aromatic heterocycles. The van der Waals surface area contributed by atoms with Crippen molar-refractivity contribution in [1.82, 2.24) is 0 Å². The Balaban J connectivity index is 1.77. The molecule has 4 heteroatoms. The van der Waals surface area contributed by atoms with Gasteiger partial charge in [-0.3, -0.25) is 0 Å². The molecule has 0 radical (unpaired) electrons. The van der Waals surface area contributed by atoms with Gasteiger partial charge in [-0.15, -0.1) is 0 Å². The van der Waals surface area contributed by atoms with Crippen LogP contribution in [-0.2, 0) is 9.53 Å². The van der Waals surface area contributed by atoms with Gasteiger partial charge in [-0.25, -0.2) is 4.79 Å². The van der Waals surface area contributed by atoms with Crippen LogP contribution in [0.3, 0.4) is 0 Å². The number of hydrogen-bond donors (Lipinski definition) is 1. The number of carbonyl (C=O) groups excluding carboxylic acids is 1. The molecule has 1 fully saturated rings. The molecule has 4 nitrogen and oxygen atoms in total. The zero-order valence-electron chi connectivity index (χ0n) is 16.8. The van der Waals surface area contributed by atoms with Gasteiger partial charge in [0.1, 0.15) is 17.1 Å². The molecular weight excluding hydrogens is 364 g/mol. The van der Waals surface area contributed by atoms with Gasteiger partial charge >= 0.3 is 5.97 Å². The SMILES string of the molecule is C=Cc1ccc(OC(C=Cc2ccc(O)cc2)C(=O)OC2(C)CCCCC2)cc1. The minimum absolute atomic E-state index is 0.196. The van der Waals surface area contributed by atoms with Crippen LogP contribution >= 0.6 is 0 Å². The summed E-state index contributed by atoms with van der Waals surface area (Å²) in [4.78, 5) is 13.0. The van der Waals surface area contributed by atoms with Gasteiger partial charge in [0, 0.05) is 0 Å². The van der Waals surface area contributed by atoms with Gasteiger partial charge < -0.3 is 14.6 Å². The fourth-order valence-corrected chi connectivity index (χ4v) is 3.48. The molecule has 0 aliphatic heterocycles. The molecule has 2 aromatic rings. The first-order valence-electron chi connectivity index (χ1n) is 10.1. The van der Waals surface area contributed by atoms with Crippen LogP contribution in [-0.4, -0.2) is 22.8 Å². The average molecular weight is 392 g/mol. The van der Waals surface area contributed by atoms with E-state index in [1.165, 1.54) is 6.42 Å². The van der Waals surface area contributed by atoms with E-state index in [-0.39, 0.29) is 5.75 Å². The second kappa shape index (κ2) is 9.46. The number of carbonyl (C=O) groups is 1. The van der Waals surface area contributed by atoms with E-state index in [4.69, 9.17) is 9.47 Å². The standard InChI is InChI=1S/C25H28O4/c1-3-19-9-14-22(15-10-19)28-23(16-11-20-7-12-21(26)13-8-20)24(27)29-25(2)17-5-4-6-18-25/h3,7-16,23,26H,1,4-6,17-18H2,2H3. The summed E-state index contributed by atoms with van der Waals surface area (Å²) in [7, 11) is 0. The number of aromatic hydroxyl groups is 1. The molecule has 0 bridgehead atoms. The molecule has 1 aliphatic carbocycles. The molecular formula is C25H28O4. The monoisotopic (exact) mass is 392 g/mol. The van der Waals surface area contributed by atoms with E-state index in [9.17, 15) is 9.90 Å². The number of esters is 1. The summed E-state index contributed by atoms with van der Waals surface area (Å²) >= 11 is 0. The van der Waals surface area contributed by atoms with Crippen molar-refractivity contribution >= 4 is 18.1 Å². The van der Waals surface area contributed by atoms with Gasteiger partial charge in [0.05, 0.1) is 0 Å². The summed E-state index contributed by atoms with van der Waals surface area (Å²) in [6.07, 6.45) is 9.46. The lowest BCUT2D eigenvalue weighted by molar-refractivity contribution is -0.167. The van der Waals surface area contributed by atoms with E-state index in [2.05, 4.69) is 6.58 Å². The predicted octanol–water partition coefficient (Wildman–Crippen LogP) is 5.76. The van der Waals surface area contributed by atoms with E-state index in [1.54, 1.807) is 42.5 Å². The van der Waals surface area contributed by atoms with Gasteiger partial charge in [-0.05, 0) is 74.1 Å². The number of rotatable bonds is 7. The summed E-state index contributed by atoms with van der Waals surface area (Å²) < 4.78 is 11.9. The first kappa shape index (κ1) is 20.7. The van der Waals surface area contributed by atoms with Gasteiger partial charge in [-0.2, -0.15) is 0 Å². The average Bonchev–Trinajstić information content (AvgIpc) is 2.73. The molecule has 1 saturated carbocycles. The van der Waals surface area contributed by atoms with Crippen molar-refractivity contribution in [3.8, 4) is 11.5 Å². The lowest BCUT2D eigenvalue weighted by Gasteiger charge is -2.34. The molecule has 152 valence electrons. The van der Waals surface area contributed by atoms with Crippen molar-refractivity contribution in [2.24, 2.45) is 0 Å². The minimum atomic E-state index is -0.864. The fourth-order valence-electron chi connectivity index (χ4n) is 3.48. The molecule has 1 unspecified atom stereocenters. The lowest BCUT2D eigenvalue weighted by atomic mass is 9.86. The zero-order chi connectivity index (χ0) is 20.7. The fraction of sp³-hybridized carbons (Fsp3) is 0.320. The van der Waals surface area contributed by atoms with Gasteiger partial charge in [0.2, 0.25) is 6.10 Å². The van der Waals surface area contributed by atoms with Crippen molar-refractivity contribution in [1.29, 1.82) is 0 Å². The Bertz CT molecular complexity index is 843. The van der Waals surface area contributed by atoms with Crippen LogP contribution in [0.25, 0.3) is 12.2 Å². The molecule has 0 saturated heterocycles. The highest BCUT2D eigenvalue weighted by Gasteiger charge is 2.33. The summed E-state index contributed by atoms with van der Waals surface area (Å²) in [5, 5.41) is 9.44. The summed E-state index contributed by atoms with van der Waals surface area (Å²) in [5.41, 5.74) is 1.40. The zero-order valence-corrected chi connectivity index (χ0v) is 16.8. The third-order valence-corrected chi connectivity index (χ3v) is 5.23. The maximum absolute atomic E-state index is 13.0. The number of phenols is 1. The van der Waals surface area contributed by atoms with Crippen LogP contribution in [0.5, 0.6) is 11.5 Å².